The average Bonchev–Trinajstić information content (AvgIpc) is 4.22. The lowest BCUT2D eigenvalue weighted by Crippen LogP contribution is -2.50. The zero-order chi connectivity index (χ0) is 49.0. The largest absolute Gasteiger partial charge is 0.737 e. The maximum Gasteiger partial charge on any atom is 0.737 e. The lowest BCUT2D eigenvalue weighted by Gasteiger charge is -2.30. The Morgan fingerprint density at radius 1 is 0.886 bits per heavy atom. The van der Waals surface area contributed by atoms with Crippen LogP contribution < -0.4 is 26.0 Å². The minimum Gasteiger partial charge on any atom is -0.484 e. The number of benzene rings is 1. The van der Waals surface area contributed by atoms with Gasteiger partial charge in [-0.1, -0.05) is 30.7 Å². The molecule has 0 saturated carbocycles. The molecule has 1 fully saturated rings. The molecule has 4 atom stereocenters. The van der Waals surface area contributed by atoms with Crippen molar-refractivity contribution in [3.05, 3.63) is 106 Å². The summed E-state index contributed by atoms with van der Waals surface area (Å²) in [6.07, 6.45) is 8.79. The first kappa shape index (κ1) is 49.8. The van der Waals surface area contributed by atoms with Crippen LogP contribution in [-0.4, -0.2) is 147 Å². The highest BCUT2D eigenvalue weighted by molar-refractivity contribution is 7.12. The minimum absolute atomic E-state index is 0.0779. The number of carbonyl (C=O) groups is 3. The molecule has 0 unspecified atom stereocenters. The molecule has 370 valence electrons. The third kappa shape index (κ3) is 11.7. The second-order valence-electron chi connectivity index (χ2n) is 16.5. The number of thiophene rings is 1. The van der Waals surface area contributed by atoms with Gasteiger partial charge in [-0.25, -0.2) is 15.0 Å². The van der Waals surface area contributed by atoms with Gasteiger partial charge in [0.2, 0.25) is 5.91 Å². The number of anilines is 1. The summed E-state index contributed by atoms with van der Waals surface area (Å²) >= 11 is 1.42. The van der Waals surface area contributed by atoms with Gasteiger partial charge in [-0.3, -0.25) is 19.0 Å². The SMILES string of the molecule is CCNC(=O)[C@H]1O[C@@H](n2cnc3c(NCCOCCOCCNC(=O)CCCCCNC(=O)COc4ccc(/C=C/c5ccc6n5[B-](F)(F)[N+]5=C(c7cccs7)C=CC5=C6)cc4)ncnc32)[C@H](O)[C@@H]1O. The number of unbranched alkanes of at least 4 members (excludes halogenated alkanes) is 2. The van der Waals surface area contributed by atoms with Gasteiger partial charge < -0.3 is 68.0 Å². The van der Waals surface area contributed by atoms with Gasteiger partial charge in [0.05, 0.1) is 37.6 Å². The van der Waals surface area contributed by atoms with Crippen molar-refractivity contribution in [2.24, 2.45) is 0 Å². The van der Waals surface area contributed by atoms with Crippen molar-refractivity contribution in [2.75, 3.05) is 64.5 Å². The number of ether oxygens (including phenoxy) is 4. The second kappa shape index (κ2) is 23.3. The number of nitrogens with zero attached hydrogens (tertiary/aromatic N) is 6. The molecule has 4 aromatic heterocycles. The van der Waals surface area contributed by atoms with E-state index in [9.17, 15) is 24.6 Å². The molecule has 0 radical (unpaired) electrons. The fraction of sp³-hybridized carbons (Fsp3) is 0.383. The van der Waals surface area contributed by atoms with Gasteiger partial charge in [0.1, 0.15) is 24.3 Å². The van der Waals surface area contributed by atoms with Gasteiger partial charge in [0.15, 0.2) is 47.3 Å². The number of hydrogen-bond acceptors (Lipinski definition) is 14. The fourth-order valence-corrected chi connectivity index (χ4v) is 9.00. The monoisotopic (exact) mass is 984 g/mol. The number of hydrogen-bond donors (Lipinski definition) is 6. The van der Waals surface area contributed by atoms with Crippen LogP contribution >= 0.6 is 11.3 Å². The Hall–Kier alpha value is -6.63. The van der Waals surface area contributed by atoms with Crippen LogP contribution in [0.2, 0.25) is 0 Å². The number of imidazole rings is 1. The summed E-state index contributed by atoms with van der Waals surface area (Å²) in [7, 11) is 0. The van der Waals surface area contributed by atoms with Crippen LogP contribution in [0.1, 0.15) is 60.7 Å². The quantitative estimate of drug-likeness (QED) is 0.0364. The molecule has 8 rings (SSSR count). The first-order chi connectivity index (χ1) is 34.0. The highest BCUT2D eigenvalue weighted by Crippen LogP contribution is 2.35. The maximum atomic E-state index is 16.1. The van der Waals surface area contributed by atoms with E-state index in [1.807, 2.05) is 17.5 Å². The molecule has 1 saturated heterocycles. The molecular formula is C47H55BF2N10O9S. The molecule has 19 nitrogen and oxygen atoms in total. The highest BCUT2D eigenvalue weighted by atomic mass is 32.1. The van der Waals surface area contributed by atoms with Crippen molar-refractivity contribution in [1.29, 1.82) is 0 Å². The number of aliphatic hydroxyl groups excluding tert-OH is 2. The molecule has 1 aromatic carbocycles. The minimum atomic E-state index is -4.13. The van der Waals surface area contributed by atoms with Gasteiger partial charge in [-0.05, 0) is 67.1 Å². The molecule has 5 aromatic rings. The summed E-state index contributed by atoms with van der Waals surface area (Å²) in [4.78, 5) is 50.5. The van der Waals surface area contributed by atoms with Gasteiger partial charge >= 0.3 is 6.97 Å². The topological polar surface area (TPSA) is 228 Å². The first-order valence-corrected chi connectivity index (χ1v) is 24.1. The molecule has 0 bridgehead atoms. The van der Waals surface area contributed by atoms with Crippen molar-refractivity contribution < 1.29 is 56.7 Å². The molecule has 23 heteroatoms. The van der Waals surface area contributed by atoms with E-state index >= 15 is 8.63 Å². The van der Waals surface area contributed by atoms with Crippen molar-refractivity contribution in [3.8, 4) is 5.75 Å². The number of aromatic nitrogens is 5. The van der Waals surface area contributed by atoms with E-state index in [1.54, 1.807) is 73.7 Å². The van der Waals surface area contributed by atoms with Crippen LogP contribution in [0, 0.1) is 0 Å². The zero-order valence-electron chi connectivity index (χ0n) is 38.4. The normalized spacial score (nSPS) is 19.1. The summed E-state index contributed by atoms with van der Waals surface area (Å²) in [5.41, 5.74) is 3.32. The lowest BCUT2D eigenvalue weighted by atomic mass is 9.90. The van der Waals surface area contributed by atoms with E-state index in [0.717, 1.165) is 25.8 Å². The van der Waals surface area contributed by atoms with Gasteiger partial charge in [-0.2, -0.15) is 0 Å². The van der Waals surface area contributed by atoms with Crippen LogP contribution in [0.4, 0.5) is 14.4 Å². The molecule has 0 aliphatic carbocycles. The number of rotatable bonds is 25. The van der Waals surface area contributed by atoms with Crippen LogP contribution in [0.15, 0.2) is 84.4 Å². The summed E-state index contributed by atoms with van der Waals surface area (Å²) in [6, 6.07) is 14.1. The van der Waals surface area contributed by atoms with Gasteiger partial charge in [0, 0.05) is 62.2 Å². The molecule has 3 aliphatic rings. The predicted molar refractivity (Wildman–Crippen MR) is 259 cm³/mol. The van der Waals surface area contributed by atoms with E-state index in [0.29, 0.717) is 117 Å². The van der Waals surface area contributed by atoms with Crippen LogP contribution in [0.3, 0.4) is 0 Å². The predicted octanol–water partition coefficient (Wildman–Crippen LogP) is 3.58. The number of nitrogens with one attached hydrogen (secondary N) is 4. The third-order valence-corrected chi connectivity index (χ3v) is 12.6. The number of halogens is 2. The summed E-state index contributed by atoms with van der Waals surface area (Å²) in [5, 5.41) is 34.3. The van der Waals surface area contributed by atoms with E-state index in [2.05, 4.69) is 36.2 Å². The Labute approximate surface area is 406 Å². The summed E-state index contributed by atoms with van der Waals surface area (Å²) < 4.78 is 58.4. The third-order valence-electron chi connectivity index (χ3n) is 11.7. The summed E-state index contributed by atoms with van der Waals surface area (Å²) in [6.45, 7) is 0.357. The van der Waals surface area contributed by atoms with E-state index in [1.165, 1.54) is 28.6 Å². The Kier molecular flexibility index (Phi) is 16.6. The van der Waals surface area contributed by atoms with Crippen LogP contribution in [0.5, 0.6) is 5.75 Å². The highest BCUT2D eigenvalue weighted by Gasteiger charge is 2.52. The van der Waals surface area contributed by atoms with Gasteiger partial charge in [0.25, 0.3) is 11.8 Å². The fourth-order valence-electron chi connectivity index (χ4n) is 8.25. The Balaban J connectivity index is 0.634. The van der Waals surface area contributed by atoms with Gasteiger partial charge in [-0.15, -0.1) is 11.3 Å². The number of allylic oxidation sites excluding steroid dienone is 2. The molecule has 70 heavy (non-hydrogen) atoms. The Morgan fingerprint density at radius 3 is 2.47 bits per heavy atom. The standard InChI is InChI=1S/C47H55BF2N10O9S/c1-2-51-46(65)43-41(63)42(64)47(69-43)58-30-57-40-44(55-29-56-45(40)58)54-21-23-67-25-24-66-22-20-53-38(61)8-4-3-5-19-52-39(62)28-68-35-16-10-31(11-17-35)9-12-32-13-14-33-27-34-15-18-36(37-7-6-26-70-37)60(34)48(49,50)59(32)33/h6-7,9-18,26-27,29-30,41-43,47,63-64H,2-5,8,19-25,28H2,1H3,(H,51,65)(H,52,62)(H,53,61)(H,54,55,56)/b12-9+/t41-,42+,43-,47+/m0/s1. The number of amides is 3. The van der Waals surface area contributed by atoms with Crippen LogP contribution in [0.25, 0.3) is 29.4 Å². The second-order valence-corrected chi connectivity index (χ2v) is 17.4. The number of aliphatic hydroxyl groups is 2. The van der Waals surface area contributed by atoms with Crippen molar-refractivity contribution >= 4 is 76.9 Å². The number of fused-ring (bicyclic) bond motifs is 3. The first-order valence-electron chi connectivity index (χ1n) is 23.2. The summed E-state index contributed by atoms with van der Waals surface area (Å²) in [5.74, 6) is 0.0637. The Bertz CT molecular complexity index is 2750. The number of likely N-dealkylation sites (N-methyl/N-ethyl adjacent to an activating group) is 1. The van der Waals surface area contributed by atoms with E-state index in [-0.39, 0.29) is 18.4 Å². The smallest absolute Gasteiger partial charge is 0.484 e. The Morgan fingerprint density at radius 2 is 1.69 bits per heavy atom. The molecule has 6 N–H and O–H groups in total. The maximum absolute atomic E-state index is 16.1. The average molecular weight is 985 g/mol. The van der Waals surface area contributed by atoms with Crippen molar-refractivity contribution in [1.82, 2.24) is 39.9 Å². The molecule has 3 aliphatic heterocycles. The zero-order valence-corrected chi connectivity index (χ0v) is 39.2. The number of carbonyl (C=O) groups excluding carboxylic acids is 3. The molecular weight excluding hydrogens is 929 g/mol. The molecule has 0 spiro atoms. The van der Waals surface area contributed by atoms with Crippen molar-refractivity contribution in [3.63, 3.8) is 0 Å². The van der Waals surface area contributed by atoms with E-state index in [4.69, 9.17) is 18.9 Å². The van der Waals surface area contributed by atoms with Crippen LogP contribution in [-0.2, 0) is 28.6 Å². The van der Waals surface area contributed by atoms with Crippen molar-refractivity contribution in [2.45, 2.75) is 57.1 Å². The molecule has 3 amide bonds. The van der Waals surface area contributed by atoms with E-state index < -0.39 is 37.4 Å². The lowest BCUT2D eigenvalue weighted by molar-refractivity contribution is -0.360. The molecule has 7 heterocycles.